The predicted octanol–water partition coefficient (Wildman–Crippen LogP) is 4.84. The number of rotatable bonds is 4. The lowest BCUT2D eigenvalue weighted by molar-refractivity contribution is 0.170. The van der Waals surface area contributed by atoms with Gasteiger partial charge in [0, 0.05) is 60.7 Å². The molecule has 34 heavy (non-hydrogen) atoms. The van der Waals surface area contributed by atoms with Crippen molar-refractivity contribution in [3.05, 3.63) is 71.8 Å². The average Bonchev–Trinajstić information content (AvgIpc) is 3.37. The van der Waals surface area contributed by atoms with E-state index in [1.165, 1.54) is 0 Å². The van der Waals surface area contributed by atoms with Crippen LogP contribution in [0, 0.1) is 0 Å². The van der Waals surface area contributed by atoms with Gasteiger partial charge >= 0.3 is 0 Å². The fourth-order valence-corrected chi connectivity index (χ4v) is 5.04. The molecule has 170 valence electrons. The van der Waals surface area contributed by atoms with Crippen molar-refractivity contribution in [1.82, 2.24) is 15.0 Å². The first-order valence-corrected chi connectivity index (χ1v) is 11.9. The van der Waals surface area contributed by atoms with Crippen LogP contribution in [0.3, 0.4) is 0 Å². The fourth-order valence-electron chi connectivity index (χ4n) is 4.24. The molecule has 1 N–H and O–H groups in total. The van der Waals surface area contributed by atoms with Gasteiger partial charge in [-0.15, -0.1) is 11.3 Å². The molecule has 0 aliphatic carbocycles. The van der Waals surface area contributed by atoms with Gasteiger partial charge in [-0.3, -0.25) is 4.98 Å². The molecule has 0 bridgehead atoms. The van der Waals surface area contributed by atoms with Gasteiger partial charge in [0.25, 0.3) is 0 Å². The van der Waals surface area contributed by atoms with Crippen molar-refractivity contribution in [2.75, 3.05) is 18.0 Å². The van der Waals surface area contributed by atoms with E-state index < -0.39 is 0 Å². The molecule has 1 aliphatic heterocycles. The highest BCUT2D eigenvalue weighted by Gasteiger charge is 2.22. The van der Waals surface area contributed by atoms with E-state index in [1.807, 2.05) is 48.0 Å². The molecule has 9 heteroatoms. The molecule has 0 saturated carbocycles. The molecular weight excluding hydrogens is 450 g/mol. The Balaban J connectivity index is 1.23. The number of nitrogens with zero attached hydrogens (tertiary/aromatic N) is 5. The maximum absolute atomic E-state index is 9.70. The molecule has 0 atom stereocenters. The molecule has 5 heterocycles. The lowest BCUT2D eigenvalue weighted by Crippen LogP contribution is -2.39. The van der Waals surface area contributed by atoms with Crippen LogP contribution in [0.25, 0.3) is 32.5 Å². The van der Waals surface area contributed by atoms with Crippen molar-refractivity contribution in [1.29, 1.82) is 0 Å². The van der Waals surface area contributed by atoms with Crippen molar-refractivity contribution in [3.8, 4) is 17.2 Å². The summed E-state index contributed by atoms with van der Waals surface area (Å²) in [5.74, 6) is 2.01. The monoisotopic (exact) mass is 471 g/mol. The molecule has 6 rings (SSSR count). The smallest absolute Gasteiger partial charge is 0.225 e. The van der Waals surface area contributed by atoms with E-state index >= 15 is 0 Å². The van der Waals surface area contributed by atoms with E-state index in [0.29, 0.717) is 33.5 Å². The molecule has 0 amide bonds. The summed E-state index contributed by atoms with van der Waals surface area (Å²) in [5.41, 5.74) is 1.29. The first-order chi connectivity index (χ1) is 16.8. The highest BCUT2D eigenvalue weighted by Crippen LogP contribution is 2.29. The van der Waals surface area contributed by atoms with Gasteiger partial charge in [0.05, 0.1) is 5.39 Å². The molecule has 5 aromatic rings. The van der Waals surface area contributed by atoms with Crippen molar-refractivity contribution >= 4 is 38.3 Å². The van der Waals surface area contributed by atoms with Crippen LogP contribution in [0.4, 0.5) is 5.95 Å². The zero-order valence-electron chi connectivity index (χ0n) is 18.2. The number of ether oxygens (including phenoxy) is 1. The first-order valence-electron chi connectivity index (χ1n) is 11.0. The number of anilines is 1. The number of thiophene rings is 1. The highest BCUT2D eigenvalue weighted by molar-refractivity contribution is 7.17. The molecule has 0 radical (unpaired) electrons. The Morgan fingerprint density at radius 3 is 2.74 bits per heavy atom. The summed E-state index contributed by atoms with van der Waals surface area (Å²) in [6, 6.07) is 13.1. The van der Waals surface area contributed by atoms with E-state index in [1.54, 1.807) is 29.8 Å². The minimum atomic E-state index is 0.0878. The summed E-state index contributed by atoms with van der Waals surface area (Å²) in [5, 5.41) is 17.4. The van der Waals surface area contributed by atoms with Crippen LogP contribution in [0.5, 0.6) is 5.75 Å². The van der Waals surface area contributed by atoms with Gasteiger partial charge in [-0.25, -0.2) is 9.97 Å². The third kappa shape index (κ3) is 3.94. The summed E-state index contributed by atoms with van der Waals surface area (Å²) in [4.78, 5) is 15.3. The molecule has 4 aromatic heterocycles. The van der Waals surface area contributed by atoms with Crippen LogP contribution in [0.1, 0.15) is 12.8 Å². The van der Waals surface area contributed by atoms with Gasteiger partial charge in [-0.1, -0.05) is 5.16 Å². The molecule has 0 spiro atoms. The van der Waals surface area contributed by atoms with Crippen LogP contribution in [0.15, 0.2) is 76.0 Å². The number of benzene rings is 1. The molecule has 1 aliphatic rings. The lowest BCUT2D eigenvalue weighted by atomic mass is 10.1. The summed E-state index contributed by atoms with van der Waals surface area (Å²) in [6.45, 7) is 1.67. The van der Waals surface area contributed by atoms with Gasteiger partial charge in [0.15, 0.2) is 5.76 Å². The third-order valence-corrected chi connectivity index (χ3v) is 6.87. The Morgan fingerprint density at radius 1 is 1.06 bits per heavy atom. The Labute approximate surface area is 198 Å². The predicted molar refractivity (Wildman–Crippen MR) is 130 cm³/mol. The van der Waals surface area contributed by atoms with Gasteiger partial charge in [0.1, 0.15) is 28.5 Å². The summed E-state index contributed by atoms with van der Waals surface area (Å²) >= 11 is 1.65. The van der Waals surface area contributed by atoms with E-state index in [9.17, 15) is 5.21 Å². The zero-order chi connectivity index (χ0) is 22.9. The number of pyridine rings is 1. The van der Waals surface area contributed by atoms with Gasteiger partial charge in [-0.2, -0.15) is 0 Å². The summed E-state index contributed by atoms with van der Waals surface area (Å²) < 4.78 is 13.5. The van der Waals surface area contributed by atoms with E-state index in [-0.39, 0.29) is 6.10 Å². The number of hydrogen-bond donors (Lipinski definition) is 1. The van der Waals surface area contributed by atoms with E-state index in [0.717, 1.165) is 42.0 Å². The highest BCUT2D eigenvalue weighted by atomic mass is 32.1. The summed E-state index contributed by atoms with van der Waals surface area (Å²) in [7, 11) is 0. The quantitative estimate of drug-likeness (QED) is 0.296. The zero-order valence-corrected chi connectivity index (χ0v) is 19.0. The number of hydrogen-bond acceptors (Lipinski definition) is 9. The van der Waals surface area contributed by atoms with E-state index in [2.05, 4.69) is 25.0 Å². The molecule has 8 nitrogen and oxygen atoms in total. The standard InChI is InChI=1S/C25H21N5O3S/c31-29-20-13-23(21-14-24-16(15-28-21)6-11-34-24)33-22-3-2-18(12-19(20)22)32-17-4-9-30(10-5-17)25-26-7-1-8-27-25/h1-3,6-8,11-15,17,31H,4-5,9-10H2/b29-20+. The summed E-state index contributed by atoms with van der Waals surface area (Å²) in [6.07, 6.45) is 7.17. The average molecular weight is 472 g/mol. The Morgan fingerprint density at radius 2 is 1.91 bits per heavy atom. The van der Waals surface area contributed by atoms with Crippen molar-refractivity contribution in [2.45, 2.75) is 18.9 Å². The number of aromatic nitrogens is 3. The molecule has 0 unspecified atom stereocenters. The van der Waals surface area contributed by atoms with Crippen molar-refractivity contribution in [3.63, 3.8) is 0 Å². The Kier molecular flexibility index (Phi) is 5.31. The fraction of sp³-hybridized carbons (Fsp3) is 0.200. The largest absolute Gasteiger partial charge is 0.490 e. The molecule has 1 fully saturated rings. The van der Waals surface area contributed by atoms with E-state index in [4.69, 9.17) is 9.15 Å². The second kappa shape index (κ2) is 8.75. The van der Waals surface area contributed by atoms with Crippen LogP contribution >= 0.6 is 11.3 Å². The van der Waals surface area contributed by atoms with Gasteiger partial charge in [0.2, 0.25) is 5.95 Å². The topological polar surface area (TPSA) is 96.9 Å². The van der Waals surface area contributed by atoms with Crippen LogP contribution in [-0.4, -0.2) is 39.4 Å². The maximum Gasteiger partial charge on any atom is 0.225 e. The minimum Gasteiger partial charge on any atom is -0.490 e. The second-order valence-corrected chi connectivity index (χ2v) is 9.08. The van der Waals surface area contributed by atoms with Gasteiger partial charge in [-0.05, 0) is 41.8 Å². The molecular formula is C25H21N5O3S. The van der Waals surface area contributed by atoms with Crippen molar-refractivity contribution in [2.24, 2.45) is 5.16 Å². The Bertz CT molecular complexity index is 1520. The van der Waals surface area contributed by atoms with Crippen LogP contribution in [-0.2, 0) is 0 Å². The molecule has 1 saturated heterocycles. The second-order valence-electron chi connectivity index (χ2n) is 8.13. The van der Waals surface area contributed by atoms with Crippen molar-refractivity contribution < 1.29 is 14.4 Å². The first kappa shape index (κ1) is 20.6. The third-order valence-electron chi connectivity index (χ3n) is 5.99. The minimum absolute atomic E-state index is 0.0878. The lowest BCUT2D eigenvalue weighted by Gasteiger charge is -2.32. The maximum atomic E-state index is 9.70. The van der Waals surface area contributed by atoms with Gasteiger partial charge < -0.3 is 19.3 Å². The number of fused-ring (bicyclic) bond motifs is 2. The van der Waals surface area contributed by atoms with Crippen LogP contribution in [0.2, 0.25) is 0 Å². The SMILES string of the molecule is O/N=c1\cc(-c2cc3sccc3cn2)oc2ccc(OC3CCN(c4ncccn4)CC3)cc12. The molecule has 1 aromatic carbocycles. The number of piperidine rings is 1. The van der Waals surface area contributed by atoms with Crippen LogP contribution < -0.4 is 15.0 Å². The normalized spacial score (nSPS) is 15.3. The Hall–Kier alpha value is -3.98.